The van der Waals surface area contributed by atoms with Crippen molar-refractivity contribution in [3.63, 3.8) is 0 Å². The lowest BCUT2D eigenvalue weighted by Gasteiger charge is -2.26. The van der Waals surface area contributed by atoms with Gasteiger partial charge in [-0.15, -0.1) is 36.2 Å². The summed E-state index contributed by atoms with van der Waals surface area (Å²) < 4.78 is 27.7. The first kappa shape index (κ1) is 23.1. The van der Waals surface area contributed by atoms with E-state index < -0.39 is 10.0 Å². The molecule has 2 heterocycles. The third kappa shape index (κ3) is 6.86. The van der Waals surface area contributed by atoms with Crippen LogP contribution < -0.4 is 10.0 Å². The maximum Gasteiger partial charge on any atom is 0.250 e. The normalized spacial score (nSPS) is 16.5. The van der Waals surface area contributed by atoms with Crippen LogP contribution in [0.4, 0.5) is 0 Å². The summed E-state index contributed by atoms with van der Waals surface area (Å²) in [7, 11) is -3.37. The van der Waals surface area contributed by atoms with Gasteiger partial charge in [-0.05, 0) is 17.5 Å². The number of thiophene rings is 1. The van der Waals surface area contributed by atoms with Crippen molar-refractivity contribution >= 4 is 46.2 Å². The van der Waals surface area contributed by atoms with Crippen molar-refractivity contribution in [2.45, 2.75) is 30.4 Å². The zero-order valence-corrected chi connectivity index (χ0v) is 17.1. The highest BCUT2D eigenvalue weighted by atomic mass is 35.5. The summed E-state index contributed by atoms with van der Waals surface area (Å²) in [5.74, 6) is 0. The Balaban J connectivity index is 0.00000242. The van der Waals surface area contributed by atoms with Crippen LogP contribution in [0.15, 0.2) is 16.3 Å². The van der Waals surface area contributed by atoms with Crippen LogP contribution in [0.2, 0.25) is 0 Å². The Kier molecular flexibility index (Phi) is 9.60. The maximum absolute atomic E-state index is 12.3. The summed E-state index contributed by atoms with van der Waals surface area (Å²) in [6, 6.07) is 3.62. The maximum atomic E-state index is 12.3. The predicted molar refractivity (Wildman–Crippen MR) is 102 cm³/mol. The zero-order valence-electron chi connectivity index (χ0n) is 13.8. The summed E-state index contributed by atoms with van der Waals surface area (Å²) >= 11 is 1.36. The van der Waals surface area contributed by atoms with Gasteiger partial charge in [-0.2, -0.15) is 0 Å². The van der Waals surface area contributed by atoms with E-state index in [1.807, 2.05) is 6.07 Å². The predicted octanol–water partition coefficient (Wildman–Crippen LogP) is 2.07. The summed E-state index contributed by atoms with van der Waals surface area (Å²) in [4.78, 5) is 3.36. The summed E-state index contributed by atoms with van der Waals surface area (Å²) in [6.45, 7) is 11.4. The molecule has 0 bridgehead atoms. The number of rotatable bonds is 5. The molecule has 0 aliphatic carbocycles. The Bertz CT molecular complexity index is 565. The Labute approximate surface area is 156 Å². The standard InChI is InChI=1S/C14H25N3O2S2.2ClH/c1-14(2,3)12-4-5-13(20-12)21(18,19)16-8-11-17-9-6-15-7-10-17;;/h4-5,15-16H,6-11H2,1-3H3;2*1H. The van der Waals surface area contributed by atoms with E-state index >= 15 is 0 Å². The van der Waals surface area contributed by atoms with Crippen LogP contribution in [0.5, 0.6) is 0 Å². The molecule has 0 spiro atoms. The van der Waals surface area contributed by atoms with Crippen LogP contribution in [0, 0.1) is 0 Å². The van der Waals surface area contributed by atoms with E-state index in [0.29, 0.717) is 10.8 Å². The highest BCUT2D eigenvalue weighted by Gasteiger charge is 2.22. The molecule has 2 N–H and O–H groups in total. The van der Waals surface area contributed by atoms with Gasteiger partial charge < -0.3 is 5.32 Å². The smallest absolute Gasteiger partial charge is 0.250 e. The highest BCUT2D eigenvalue weighted by Crippen LogP contribution is 2.31. The van der Waals surface area contributed by atoms with Crippen molar-refractivity contribution in [2.24, 2.45) is 0 Å². The van der Waals surface area contributed by atoms with E-state index in [4.69, 9.17) is 0 Å². The lowest BCUT2D eigenvalue weighted by Crippen LogP contribution is -2.46. The SMILES string of the molecule is CC(C)(C)c1ccc(S(=O)(=O)NCCN2CCNCC2)s1.Cl.Cl. The van der Waals surface area contributed by atoms with Crippen LogP contribution in [-0.4, -0.2) is 52.6 Å². The lowest BCUT2D eigenvalue weighted by molar-refractivity contribution is 0.245. The van der Waals surface area contributed by atoms with Gasteiger partial charge in [0.25, 0.3) is 0 Å². The molecule has 5 nitrogen and oxygen atoms in total. The van der Waals surface area contributed by atoms with Gasteiger partial charge in [0, 0.05) is 44.1 Å². The van der Waals surface area contributed by atoms with E-state index in [1.54, 1.807) is 6.07 Å². The lowest BCUT2D eigenvalue weighted by atomic mass is 9.95. The molecule has 0 saturated carbocycles. The van der Waals surface area contributed by atoms with Crippen molar-refractivity contribution in [1.29, 1.82) is 0 Å². The summed E-state index contributed by atoms with van der Waals surface area (Å²) in [6.07, 6.45) is 0. The second-order valence-corrected chi connectivity index (χ2v) is 9.44. The van der Waals surface area contributed by atoms with Crippen LogP contribution in [0.25, 0.3) is 0 Å². The minimum atomic E-state index is -3.37. The van der Waals surface area contributed by atoms with E-state index in [2.05, 4.69) is 35.7 Å². The fourth-order valence-electron chi connectivity index (χ4n) is 2.21. The van der Waals surface area contributed by atoms with Crippen molar-refractivity contribution < 1.29 is 8.42 Å². The number of nitrogens with zero attached hydrogens (tertiary/aromatic N) is 1. The molecule has 9 heteroatoms. The number of halogens is 2. The van der Waals surface area contributed by atoms with E-state index in [1.165, 1.54) is 11.3 Å². The first-order valence-electron chi connectivity index (χ1n) is 7.32. The van der Waals surface area contributed by atoms with E-state index in [0.717, 1.165) is 37.6 Å². The first-order chi connectivity index (χ1) is 9.79. The second kappa shape index (κ2) is 9.56. The molecule has 0 atom stereocenters. The first-order valence-corrected chi connectivity index (χ1v) is 9.62. The van der Waals surface area contributed by atoms with Gasteiger partial charge in [0.2, 0.25) is 10.0 Å². The fraction of sp³-hybridized carbons (Fsp3) is 0.714. The molecule has 0 amide bonds. The number of piperazine rings is 1. The average Bonchev–Trinajstić information content (AvgIpc) is 2.90. The van der Waals surface area contributed by atoms with Gasteiger partial charge in [-0.1, -0.05) is 20.8 Å². The Morgan fingerprint density at radius 1 is 1.22 bits per heavy atom. The van der Waals surface area contributed by atoms with Crippen LogP contribution in [0.3, 0.4) is 0 Å². The molecule has 0 radical (unpaired) electrons. The fourth-order valence-corrected chi connectivity index (χ4v) is 4.64. The van der Waals surface area contributed by atoms with Crippen molar-refractivity contribution in [3.05, 3.63) is 17.0 Å². The van der Waals surface area contributed by atoms with Crippen LogP contribution >= 0.6 is 36.2 Å². The summed E-state index contributed by atoms with van der Waals surface area (Å²) in [5.41, 5.74) is -0.0146. The Morgan fingerprint density at radius 2 is 1.83 bits per heavy atom. The third-order valence-electron chi connectivity index (χ3n) is 3.52. The quantitative estimate of drug-likeness (QED) is 0.789. The van der Waals surface area contributed by atoms with Gasteiger partial charge in [0.1, 0.15) is 4.21 Å². The number of hydrogen-bond acceptors (Lipinski definition) is 5. The molecular weight excluding hydrogens is 377 g/mol. The monoisotopic (exact) mass is 403 g/mol. The molecule has 1 fully saturated rings. The molecule has 0 aromatic carbocycles. The van der Waals surface area contributed by atoms with Gasteiger partial charge >= 0.3 is 0 Å². The molecule has 23 heavy (non-hydrogen) atoms. The van der Waals surface area contributed by atoms with Gasteiger partial charge in [0.15, 0.2) is 0 Å². The van der Waals surface area contributed by atoms with Crippen LogP contribution in [-0.2, 0) is 15.4 Å². The number of hydrogen-bond donors (Lipinski definition) is 2. The van der Waals surface area contributed by atoms with E-state index in [-0.39, 0.29) is 30.2 Å². The minimum absolute atomic E-state index is 0. The number of nitrogens with one attached hydrogen (secondary N) is 2. The molecule has 2 rings (SSSR count). The molecule has 1 saturated heterocycles. The van der Waals surface area contributed by atoms with Crippen molar-refractivity contribution in [1.82, 2.24) is 14.9 Å². The number of sulfonamides is 1. The molecule has 136 valence electrons. The Morgan fingerprint density at radius 3 is 2.35 bits per heavy atom. The second-order valence-electron chi connectivity index (χ2n) is 6.36. The molecular formula is C14H27Cl2N3O2S2. The van der Waals surface area contributed by atoms with Gasteiger partial charge in [-0.3, -0.25) is 4.90 Å². The van der Waals surface area contributed by atoms with Gasteiger partial charge in [-0.25, -0.2) is 13.1 Å². The van der Waals surface area contributed by atoms with E-state index in [9.17, 15) is 8.42 Å². The minimum Gasteiger partial charge on any atom is -0.314 e. The molecule has 1 aromatic rings. The summed E-state index contributed by atoms with van der Waals surface area (Å²) in [5, 5.41) is 3.29. The molecule has 1 aliphatic heterocycles. The van der Waals surface area contributed by atoms with Crippen molar-refractivity contribution in [2.75, 3.05) is 39.3 Å². The molecule has 1 aromatic heterocycles. The zero-order chi connectivity index (χ0) is 15.5. The third-order valence-corrected chi connectivity index (χ3v) is 6.98. The topological polar surface area (TPSA) is 61.4 Å². The van der Waals surface area contributed by atoms with Gasteiger partial charge in [0.05, 0.1) is 0 Å². The van der Waals surface area contributed by atoms with Crippen molar-refractivity contribution in [3.8, 4) is 0 Å². The molecule has 1 aliphatic rings. The Hall–Kier alpha value is 0.110. The molecule has 0 unspecified atom stereocenters. The average molecular weight is 404 g/mol. The largest absolute Gasteiger partial charge is 0.314 e. The van der Waals surface area contributed by atoms with Crippen LogP contribution in [0.1, 0.15) is 25.6 Å². The highest BCUT2D eigenvalue weighted by molar-refractivity contribution is 7.91.